The van der Waals surface area contributed by atoms with Gasteiger partial charge < -0.3 is 20.2 Å². The van der Waals surface area contributed by atoms with Gasteiger partial charge in [0.25, 0.3) is 0 Å². The molecule has 0 aliphatic carbocycles. The van der Waals surface area contributed by atoms with Crippen LogP contribution in [0.25, 0.3) is 0 Å². The zero-order chi connectivity index (χ0) is 16.4. The van der Waals surface area contributed by atoms with Crippen LogP contribution in [0.4, 0.5) is 5.69 Å². The average molecular weight is 309 g/mol. The maximum absolute atomic E-state index is 10.2. The number of phenolic OH excluding ortho intramolecular Hbond substituents is 1. The second-order valence-corrected chi connectivity index (χ2v) is 6.01. The van der Waals surface area contributed by atoms with Crippen LogP contribution in [0.3, 0.4) is 0 Å². The van der Waals surface area contributed by atoms with Gasteiger partial charge >= 0.3 is 0 Å². The van der Waals surface area contributed by atoms with Crippen LogP contribution >= 0.6 is 0 Å². The van der Waals surface area contributed by atoms with Crippen molar-refractivity contribution in [2.45, 2.75) is 64.6 Å². The first-order chi connectivity index (χ1) is 10.6. The van der Waals surface area contributed by atoms with Gasteiger partial charge in [0, 0.05) is 18.8 Å². The molecule has 0 saturated heterocycles. The summed E-state index contributed by atoms with van der Waals surface area (Å²) in [5, 5.41) is 29.8. The summed E-state index contributed by atoms with van der Waals surface area (Å²) in [6.07, 6.45) is 4.89. The topological polar surface area (TPSA) is 63.9 Å². The molecule has 22 heavy (non-hydrogen) atoms. The van der Waals surface area contributed by atoms with E-state index in [4.69, 9.17) is 0 Å². The van der Waals surface area contributed by atoms with E-state index in [2.05, 4.69) is 13.8 Å². The number of hydrogen-bond donors (Lipinski definition) is 3. The first-order valence-electron chi connectivity index (χ1n) is 8.46. The summed E-state index contributed by atoms with van der Waals surface area (Å²) in [5.74, 6) is 0.224. The smallest absolute Gasteiger partial charge is 0.115 e. The van der Waals surface area contributed by atoms with Crippen molar-refractivity contribution in [3.8, 4) is 5.75 Å². The Morgan fingerprint density at radius 2 is 1.32 bits per heavy atom. The normalized spacial score (nSPS) is 13.8. The second-order valence-electron chi connectivity index (χ2n) is 6.01. The molecule has 4 nitrogen and oxygen atoms in total. The van der Waals surface area contributed by atoms with Crippen LogP contribution < -0.4 is 4.90 Å². The van der Waals surface area contributed by atoms with Gasteiger partial charge in [-0.25, -0.2) is 0 Å². The minimum absolute atomic E-state index is 0.224. The molecule has 1 aromatic carbocycles. The van der Waals surface area contributed by atoms with Gasteiger partial charge in [-0.05, 0) is 37.1 Å². The number of phenols is 1. The Labute approximate surface area is 134 Å². The van der Waals surface area contributed by atoms with Gasteiger partial charge in [-0.1, -0.05) is 39.5 Å². The van der Waals surface area contributed by atoms with Crippen molar-refractivity contribution < 1.29 is 15.3 Å². The number of anilines is 1. The Hall–Kier alpha value is -1.26. The van der Waals surface area contributed by atoms with Crippen molar-refractivity contribution in [2.24, 2.45) is 0 Å². The standard InChI is InChI=1S/C18H31NO3/c1-3-5-7-17(21)13-19(14-18(22)8-6-4-2)15-9-11-16(20)12-10-15/h9-12,17-18,20-22H,3-8,13-14H2,1-2H3. The number of benzene rings is 1. The van der Waals surface area contributed by atoms with Crippen LogP contribution in [0, 0.1) is 0 Å². The van der Waals surface area contributed by atoms with E-state index in [0.29, 0.717) is 13.1 Å². The number of unbranched alkanes of at least 4 members (excludes halogenated alkanes) is 2. The van der Waals surface area contributed by atoms with Crippen molar-refractivity contribution in [2.75, 3.05) is 18.0 Å². The van der Waals surface area contributed by atoms with Crippen LogP contribution in [0.5, 0.6) is 5.75 Å². The Morgan fingerprint density at radius 1 is 0.864 bits per heavy atom. The summed E-state index contributed by atoms with van der Waals surface area (Å²) in [5.41, 5.74) is 0.920. The SMILES string of the molecule is CCCCC(O)CN(CC(O)CCCC)c1ccc(O)cc1. The van der Waals surface area contributed by atoms with Crippen LogP contribution in [0.2, 0.25) is 0 Å². The Kier molecular flexibility index (Phi) is 8.94. The summed E-state index contributed by atoms with van der Waals surface area (Å²) in [6.45, 7) is 5.24. The number of aliphatic hydroxyl groups is 2. The predicted octanol–water partition coefficient (Wildman–Crippen LogP) is 3.30. The van der Waals surface area contributed by atoms with Crippen LogP contribution in [-0.4, -0.2) is 40.6 Å². The van der Waals surface area contributed by atoms with E-state index in [1.54, 1.807) is 12.1 Å². The van der Waals surface area contributed by atoms with Crippen LogP contribution in [-0.2, 0) is 0 Å². The van der Waals surface area contributed by atoms with Crippen LogP contribution in [0.1, 0.15) is 52.4 Å². The van der Waals surface area contributed by atoms with Gasteiger partial charge in [0.05, 0.1) is 12.2 Å². The lowest BCUT2D eigenvalue weighted by molar-refractivity contribution is 0.145. The highest BCUT2D eigenvalue weighted by atomic mass is 16.3. The fourth-order valence-corrected chi connectivity index (χ4v) is 2.52. The molecule has 0 saturated carbocycles. The molecular formula is C18H31NO3. The summed E-state index contributed by atoms with van der Waals surface area (Å²) >= 11 is 0. The Bertz CT molecular complexity index is 378. The lowest BCUT2D eigenvalue weighted by Gasteiger charge is -2.29. The van der Waals surface area contributed by atoms with Crippen molar-refractivity contribution in [3.05, 3.63) is 24.3 Å². The maximum Gasteiger partial charge on any atom is 0.115 e. The molecule has 3 N–H and O–H groups in total. The lowest BCUT2D eigenvalue weighted by Crippen LogP contribution is -2.38. The molecule has 0 fully saturated rings. The number of aromatic hydroxyl groups is 1. The van der Waals surface area contributed by atoms with Crippen molar-refractivity contribution in [1.82, 2.24) is 0 Å². The molecule has 0 amide bonds. The largest absolute Gasteiger partial charge is 0.508 e. The van der Waals surface area contributed by atoms with Gasteiger partial charge in [-0.2, -0.15) is 0 Å². The average Bonchev–Trinajstić information content (AvgIpc) is 2.51. The Morgan fingerprint density at radius 3 is 1.73 bits per heavy atom. The third-order valence-corrected chi connectivity index (χ3v) is 3.86. The molecule has 0 aromatic heterocycles. The third-order valence-electron chi connectivity index (χ3n) is 3.86. The predicted molar refractivity (Wildman–Crippen MR) is 91.4 cm³/mol. The van der Waals surface area contributed by atoms with E-state index in [0.717, 1.165) is 44.2 Å². The zero-order valence-electron chi connectivity index (χ0n) is 13.9. The van der Waals surface area contributed by atoms with E-state index >= 15 is 0 Å². The first-order valence-corrected chi connectivity index (χ1v) is 8.46. The van der Waals surface area contributed by atoms with Gasteiger partial charge in [-0.15, -0.1) is 0 Å². The highest BCUT2D eigenvalue weighted by Crippen LogP contribution is 2.20. The minimum Gasteiger partial charge on any atom is -0.508 e. The molecular weight excluding hydrogens is 278 g/mol. The zero-order valence-corrected chi connectivity index (χ0v) is 13.9. The molecule has 4 heteroatoms. The molecule has 0 heterocycles. The Balaban J connectivity index is 2.69. The molecule has 1 rings (SSSR count). The summed E-state index contributed by atoms with van der Waals surface area (Å²) < 4.78 is 0. The molecule has 0 aliphatic rings. The number of nitrogens with zero attached hydrogens (tertiary/aromatic N) is 1. The molecule has 0 aliphatic heterocycles. The molecule has 1 aromatic rings. The molecule has 2 unspecified atom stereocenters. The van der Waals surface area contributed by atoms with Gasteiger partial charge in [0.1, 0.15) is 5.75 Å². The van der Waals surface area contributed by atoms with Crippen molar-refractivity contribution in [3.63, 3.8) is 0 Å². The molecule has 0 bridgehead atoms. The van der Waals surface area contributed by atoms with Crippen molar-refractivity contribution >= 4 is 5.69 Å². The highest BCUT2D eigenvalue weighted by Gasteiger charge is 2.16. The fraction of sp³-hybridized carbons (Fsp3) is 0.667. The van der Waals surface area contributed by atoms with Gasteiger partial charge in [0.2, 0.25) is 0 Å². The van der Waals surface area contributed by atoms with E-state index in [9.17, 15) is 15.3 Å². The summed E-state index contributed by atoms with van der Waals surface area (Å²) in [4.78, 5) is 2.01. The highest BCUT2D eigenvalue weighted by molar-refractivity contribution is 5.49. The van der Waals surface area contributed by atoms with E-state index < -0.39 is 12.2 Å². The molecule has 0 radical (unpaired) electrons. The summed E-state index contributed by atoms with van der Waals surface area (Å²) in [7, 11) is 0. The quantitative estimate of drug-likeness (QED) is 0.587. The summed E-state index contributed by atoms with van der Waals surface area (Å²) in [6, 6.07) is 6.93. The maximum atomic E-state index is 10.2. The van der Waals surface area contributed by atoms with Crippen LogP contribution in [0.15, 0.2) is 24.3 Å². The van der Waals surface area contributed by atoms with E-state index in [1.807, 2.05) is 17.0 Å². The number of rotatable bonds is 11. The fourth-order valence-electron chi connectivity index (χ4n) is 2.52. The first kappa shape index (κ1) is 18.8. The second kappa shape index (κ2) is 10.5. The van der Waals surface area contributed by atoms with Gasteiger partial charge in [-0.3, -0.25) is 0 Å². The monoisotopic (exact) mass is 309 g/mol. The molecule has 126 valence electrons. The molecule has 2 atom stereocenters. The van der Waals surface area contributed by atoms with Gasteiger partial charge in [0.15, 0.2) is 0 Å². The van der Waals surface area contributed by atoms with E-state index in [1.165, 1.54) is 0 Å². The number of aliphatic hydroxyl groups excluding tert-OH is 2. The minimum atomic E-state index is -0.396. The molecule has 0 spiro atoms. The lowest BCUT2D eigenvalue weighted by atomic mass is 10.1. The third kappa shape index (κ3) is 7.14. The van der Waals surface area contributed by atoms with Crippen molar-refractivity contribution in [1.29, 1.82) is 0 Å². The van der Waals surface area contributed by atoms with E-state index in [-0.39, 0.29) is 5.75 Å². The number of hydrogen-bond acceptors (Lipinski definition) is 4.